The van der Waals surface area contributed by atoms with E-state index in [-0.39, 0.29) is 0 Å². The van der Waals surface area contributed by atoms with Crippen LogP contribution in [0.25, 0.3) is 21.5 Å². The van der Waals surface area contributed by atoms with E-state index in [0.717, 1.165) is 35.5 Å². The van der Waals surface area contributed by atoms with E-state index in [9.17, 15) is 0 Å². The third-order valence-corrected chi connectivity index (χ3v) is 7.30. The standard InChI is InChI=1S/C23H28N4S/c1-17-6-5-7-18(14-17)20-15-22-21(16-24-20)25-23(28-22)27-12-8-19(9-13-27)26-10-3-2-4-11-26/h5-7,14-16,19H,2-4,8-13H2,1H3. The van der Waals surface area contributed by atoms with Crippen LogP contribution in [0, 0.1) is 6.92 Å². The Hall–Kier alpha value is -1.98. The van der Waals surface area contributed by atoms with E-state index in [1.807, 2.05) is 17.5 Å². The number of thiazole rings is 1. The third-order valence-electron chi connectivity index (χ3n) is 6.22. The third kappa shape index (κ3) is 3.65. The zero-order valence-electron chi connectivity index (χ0n) is 16.6. The van der Waals surface area contributed by atoms with Crippen LogP contribution in [0.4, 0.5) is 5.13 Å². The number of fused-ring (bicyclic) bond motifs is 1. The van der Waals surface area contributed by atoms with E-state index in [1.54, 1.807) is 0 Å². The van der Waals surface area contributed by atoms with Crippen LogP contribution in [-0.4, -0.2) is 47.1 Å². The lowest BCUT2D eigenvalue weighted by Gasteiger charge is -2.40. The summed E-state index contributed by atoms with van der Waals surface area (Å²) in [5.41, 5.74) is 4.50. The summed E-state index contributed by atoms with van der Waals surface area (Å²) in [6, 6.07) is 11.5. The Bertz CT molecular complexity index is 952. The number of anilines is 1. The molecule has 2 aliphatic rings. The van der Waals surface area contributed by atoms with Crippen LogP contribution < -0.4 is 4.90 Å². The molecule has 2 fully saturated rings. The van der Waals surface area contributed by atoms with Gasteiger partial charge >= 0.3 is 0 Å². The molecule has 0 bridgehead atoms. The minimum Gasteiger partial charge on any atom is -0.348 e. The first kappa shape index (κ1) is 18.1. The van der Waals surface area contributed by atoms with Gasteiger partial charge in [-0.2, -0.15) is 0 Å². The van der Waals surface area contributed by atoms with Crippen molar-refractivity contribution in [2.24, 2.45) is 0 Å². The van der Waals surface area contributed by atoms with Gasteiger partial charge in [0.25, 0.3) is 0 Å². The summed E-state index contributed by atoms with van der Waals surface area (Å²) in [5.74, 6) is 0. The van der Waals surface area contributed by atoms with Crippen molar-refractivity contribution in [1.82, 2.24) is 14.9 Å². The van der Waals surface area contributed by atoms with Gasteiger partial charge < -0.3 is 9.80 Å². The Labute approximate surface area is 171 Å². The first-order chi connectivity index (χ1) is 13.8. The molecule has 1 aromatic carbocycles. The van der Waals surface area contributed by atoms with E-state index in [0.29, 0.717) is 0 Å². The average molecular weight is 393 g/mol. The second-order valence-corrected chi connectivity index (χ2v) is 9.23. The van der Waals surface area contributed by atoms with Crippen LogP contribution in [0.15, 0.2) is 36.5 Å². The van der Waals surface area contributed by atoms with Crippen LogP contribution in [0.2, 0.25) is 0 Å². The second-order valence-electron chi connectivity index (χ2n) is 8.22. The Morgan fingerprint density at radius 2 is 1.82 bits per heavy atom. The molecular formula is C23H28N4S. The molecule has 0 spiro atoms. The van der Waals surface area contributed by atoms with Crippen molar-refractivity contribution in [2.45, 2.75) is 45.1 Å². The number of likely N-dealkylation sites (tertiary alicyclic amines) is 1. The minimum atomic E-state index is 0.778. The van der Waals surface area contributed by atoms with Gasteiger partial charge in [0.05, 0.1) is 16.6 Å². The number of piperidine rings is 2. The molecule has 2 saturated heterocycles. The molecule has 4 nitrogen and oxygen atoms in total. The summed E-state index contributed by atoms with van der Waals surface area (Å²) in [7, 11) is 0. The monoisotopic (exact) mass is 392 g/mol. The van der Waals surface area contributed by atoms with E-state index in [1.165, 1.54) is 61.0 Å². The van der Waals surface area contributed by atoms with Gasteiger partial charge in [0.2, 0.25) is 0 Å². The maximum atomic E-state index is 4.89. The van der Waals surface area contributed by atoms with Gasteiger partial charge in [-0.3, -0.25) is 4.98 Å². The van der Waals surface area contributed by atoms with Crippen molar-refractivity contribution in [3.63, 3.8) is 0 Å². The molecule has 0 amide bonds. The lowest BCUT2D eigenvalue weighted by Crippen LogP contribution is -2.46. The van der Waals surface area contributed by atoms with Gasteiger partial charge in [-0.15, -0.1) is 0 Å². The molecule has 2 aliphatic heterocycles. The van der Waals surface area contributed by atoms with Crippen molar-refractivity contribution < 1.29 is 0 Å². The Balaban J connectivity index is 1.31. The molecule has 0 saturated carbocycles. The minimum absolute atomic E-state index is 0.778. The number of aryl methyl sites for hydroxylation is 1. The maximum absolute atomic E-state index is 4.89. The number of hydrogen-bond acceptors (Lipinski definition) is 5. The molecular weight excluding hydrogens is 364 g/mol. The van der Waals surface area contributed by atoms with Crippen molar-refractivity contribution in [2.75, 3.05) is 31.1 Å². The zero-order valence-corrected chi connectivity index (χ0v) is 17.4. The number of rotatable bonds is 3. The quantitative estimate of drug-likeness (QED) is 0.619. The van der Waals surface area contributed by atoms with Gasteiger partial charge in [0, 0.05) is 24.7 Å². The molecule has 5 heteroatoms. The predicted molar refractivity (Wildman–Crippen MR) is 118 cm³/mol. The maximum Gasteiger partial charge on any atom is 0.186 e. The van der Waals surface area contributed by atoms with E-state index in [2.05, 4.69) is 52.0 Å². The van der Waals surface area contributed by atoms with Crippen LogP contribution >= 0.6 is 11.3 Å². The topological polar surface area (TPSA) is 32.3 Å². The Morgan fingerprint density at radius 3 is 2.61 bits per heavy atom. The van der Waals surface area contributed by atoms with Crippen molar-refractivity contribution in [1.29, 1.82) is 0 Å². The van der Waals surface area contributed by atoms with Gasteiger partial charge in [-0.25, -0.2) is 4.98 Å². The number of pyridine rings is 1. The normalized spacial score (nSPS) is 19.4. The lowest BCUT2D eigenvalue weighted by molar-refractivity contribution is 0.141. The lowest BCUT2D eigenvalue weighted by atomic mass is 10.0. The summed E-state index contributed by atoms with van der Waals surface area (Å²) in [4.78, 5) is 14.8. The van der Waals surface area contributed by atoms with Crippen LogP contribution in [0.1, 0.15) is 37.7 Å². The number of nitrogens with zero attached hydrogens (tertiary/aromatic N) is 4. The molecule has 146 valence electrons. The van der Waals surface area contributed by atoms with Gasteiger partial charge in [-0.05, 0) is 57.8 Å². The molecule has 4 heterocycles. The fourth-order valence-electron chi connectivity index (χ4n) is 4.62. The summed E-state index contributed by atoms with van der Waals surface area (Å²) < 4.78 is 1.24. The molecule has 0 N–H and O–H groups in total. The van der Waals surface area contributed by atoms with Crippen LogP contribution in [0.3, 0.4) is 0 Å². The van der Waals surface area contributed by atoms with Gasteiger partial charge in [0.15, 0.2) is 5.13 Å². The Kier molecular flexibility index (Phi) is 5.03. The highest BCUT2D eigenvalue weighted by Gasteiger charge is 2.26. The van der Waals surface area contributed by atoms with Crippen molar-refractivity contribution >= 4 is 26.7 Å². The molecule has 3 aromatic rings. The summed E-state index contributed by atoms with van der Waals surface area (Å²) in [6.45, 7) is 6.98. The molecule has 0 atom stereocenters. The summed E-state index contributed by atoms with van der Waals surface area (Å²) >= 11 is 1.81. The zero-order chi connectivity index (χ0) is 18.9. The highest BCUT2D eigenvalue weighted by atomic mass is 32.1. The molecule has 2 aromatic heterocycles. The van der Waals surface area contributed by atoms with E-state index in [4.69, 9.17) is 4.98 Å². The van der Waals surface area contributed by atoms with Gasteiger partial charge in [-0.1, -0.05) is 41.5 Å². The largest absolute Gasteiger partial charge is 0.348 e. The molecule has 0 radical (unpaired) electrons. The SMILES string of the molecule is Cc1cccc(-c2cc3sc(N4CCC(N5CCCCC5)CC4)nc3cn2)c1. The first-order valence-corrected chi connectivity index (χ1v) is 11.4. The first-order valence-electron chi connectivity index (χ1n) is 10.6. The number of hydrogen-bond donors (Lipinski definition) is 0. The predicted octanol–water partition coefficient (Wildman–Crippen LogP) is 5.12. The molecule has 5 rings (SSSR count). The smallest absolute Gasteiger partial charge is 0.186 e. The fourth-order valence-corrected chi connectivity index (χ4v) is 5.65. The fraction of sp³-hybridized carbons (Fsp3) is 0.478. The highest BCUT2D eigenvalue weighted by Crippen LogP contribution is 2.33. The Morgan fingerprint density at radius 1 is 1.00 bits per heavy atom. The number of aromatic nitrogens is 2. The van der Waals surface area contributed by atoms with Crippen LogP contribution in [-0.2, 0) is 0 Å². The summed E-state index contributed by atoms with van der Waals surface area (Å²) in [6.07, 6.45) is 8.65. The molecule has 0 aliphatic carbocycles. The highest BCUT2D eigenvalue weighted by molar-refractivity contribution is 7.22. The average Bonchev–Trinajstić information content (AvgIpc) is 3.18. The van der Waals surface area contributed by atoms with Crippen molar-refractivity contribution in [3.8, 4) is 11.3 Å². The van der Waals surface area contributed by atoms with Gasteiger partial charge in [0.1, 0.15) is 5.52 Å². The van der Waals surface area contributed by atoms with Crippen LogP contribution in [0.5, 0.6) is 0 Å². The molecule has 0 unspecified atom stereocenters. The molecule has 28 heavy (non-hydrogen) atoms. The van der Waals surface area contributed by atoms with E-state index >= 15 is 0 Å². The summed E-state index contributed by atoms with van der Waals surface area (Å²) in [5, 5.41) is 1.16. The van der Waals surface area contributed by atoms with Crippen molar-refractivity contribution in [3.05, 3.63) is 42.1 Å². The van der Waals surface area contributed by atoms with E-state index < -0.39 is 0 Å². The second kappa shape index (κ2) is 7.80. The number of benzene rings is 1.